The van der Waals surface area contributed by atoms with Crippen molar-refractivity contribution in [3.63, 3.8) is 0 Å². The van der Waals surface area contributed by atoms with E-state index in [-0.39, 0.29) is 11.0 Å². The lowest BCUT2D eigenvalue weighted by Gasteiger charge is -2.20. The topological polar surface area (TPSA) is 45.8 Å². The van der Waals surface area contributed by atoms with Gasteiger partial charge in [-0.1, -0.05) is 27.7 Å². The van der Waals surface area contributed by atoms with Crippen LogP contribution in [0.25, 0.3) is 0 Å². The van der Waals surface area contributed by atoms with Crippen LogP contribution in [0.1, 0.15) is 44.5 Å². The molecule has 0 saturated heterocycles. The van der Waals surface area contributed by atoms with Gasteiger partial charge in [0.15, 0.2) is 0 Å². The van der Waals surface area contributed by atoms with Crippen molar-refractivity contribution in [3.05, 3.63) is 27.2 Å². The van der Waals surface area contributed by atoms with E-state index in [1.165, 1.54) is 0 Å². The van der Waals surface area contributed by atoms with Crippen molar-refractivity contribution < 1.29 is 0 Å². The van der Waals surface area contributed by atoms with Crippen LogP contribution in [-0.2, 0) is 11.8 Å². The third kappa shape index (κ3) is 1.86. The first-order valence-corrected chi connectivity index (χ1v) is 4.96. The van der Waals surface area contributed by atoms with E-state index < -0.39 is 0 Å². The third-order valence-electron chi connectivity index (χ3n) is 2.42. The largest absolute Gasteiger partial charge is 0.268 e. The highest BCUT2D eigenvalue weighted by atomic mass is 16.1. The summed E-state index contributed by atoms with van der Waals surface area (Å²) in [5.41, 5.74) is 2.79. The molecular weight excluding hydrogens is 176 g/mol. The van der Waals surface area contributed by atoms with Gasteiger partial charge in [-0.25, -0.2) is 5.10 Å². The molecule has 14 heavy (non-hydrogen) atoms. The molecule has 0 aliphatic rings. The van der Waals surface area contributed by atoms with Crippen LogP contribution in [0.15, 0.2) is 4.79 Å². The Morgan fingerprint density at radius 2 is 1.93 bits per heavy atom. The average Bonchev–Trinajstić information content (AvgIpc) is 2.02. The van der Waals surface area contributed by atoms with Crippen LogP contribution in [0.4, 0.5) is 0 Å². The Labute approximate surface area is 84.6 Å². The number of rotatable bonds is 1. The van der Waals surface area contributed by atoms with Crippen LogP contribution in [0.2, 0.25) is 0 Å². The first-order valence-electron chi connectivity index (χ1n) is 4.96. The van der Waals surface area contributed by atoms with Crippen molar-refractivity contribution in [1.82, 2.24) is 10.2 Å². The van der Waals surface area contributed by atoms with Crippen molar-refractivity contribution in [2.24, 2.45) is 0 Å². The molecule has 0 amide bonds. The summed E-state index contributed by atoms with van der Waals surface area (Å²) in [7, 11) is 0. The van der Waals surface area contributed by atoms with E-state index in [1.54, 1.807) is 0 Å². The molecule has 1 N–H and O–H groups in total. The van der Waals surface area contributed by atoms with E-state index in [9.17, 15) is 4.79 Å². The summed E-state index contributed by atoms with van der Waals surface area (Å²) < 4.78 is 0. The van der Waals surface area contributed by atoms with Crippen molar-refractivity contribution in [1.29, 1.82) is 0 Å². The SMILES string of the molecule is CCc1c(C)c(C(C)(C)C)n[nH]c1=O. The van der Waals surface area contributed by atoms with Gasteiger partial charge >= 0.3 is 0 Å². The molecule has 1 rings (SSSR count). The average molecular weight is 194 g/mol. The molecule has 3 nitrogen and oxygen atoms in total. The molecule has 0 spiro atoms. The Morgan fingerprint density at radius 1 is 1.36 bits per heavy atom. The molecule has 78 valence electrons. The Balaban J connectivity index is 3.44. The highest BCUT2D eigenvalue weighted by molar-refractivity contribution is 5.30. The number of hydrogen-bond acceptors (Lipinski definition) is 2. The van der Waals surface area contributed by atoms with E-state index in [4.69, 9.17) is 0 Å². The zero-order chi connectivity index (χ0) is 10.9. The molecule has 1 aromatic heterocycles. The zero-order valence-electron chi connectivity index (χ0n) is 9.56. The van der Waals surface area contributed by atoms with Gasteiger partial charge < -0.3 is 0 Å². The Hall–Kier alpha value is -1.12. The monoisotopic (exact) mass is 194 g/mol. The van der Waals surface area contributed by atoms with Gasteiger partial charge in [0.2, 0.25) is 0 Å². The fourth-order valence-corrected chi connectivity index (χ4v) is 1.73. The summed E-state index contributed by atoms with van der Waals surface area (Å²) in [4.78, 5) is 11.4. The molecule has 0 saturated carbocycles. The summed E-state index contributed by atoms with van der Waals surface area (Å²) in [6.45, 7) is 10.3. The second-order valence-electron chi connectivity index (χ2n) is 4.61. The maximum atomic E-state index is 11.4. The molecule has 1 aromatic rings. The molecule has 0 atom stereocenters. The minimum absolute atomic E-state index is 0.0157. The number of H-pyrrole nitrogens is 1. The Kier molecular flexibility index (Phi) is 2.79. The first-order chi connectivity index (χ1) is 6.38. The van der Waals surface area contributed by atoms with Crippen LogP contribution in [0.5, 0.6) is 0 Å². The van der Waals surface area contributed by atoms with Gasteiger partial charge in [-0.2, -0.15) is 5.10 Å². The molecule has 3 heteroatoms. The molecule has 0 aliphatic carbocycles. The maximum Gasteiger partial charge on any atom is 0.267 e. The summed E-state index contributed by atoms with van der Waals surface area (Å²) in [5.74, 6) is 0. The number of nitrogens with one attached hydrogen (secondary N) is 1. The second kappa shape index (κ2) is 3.56. The quantitative estimate of drug-likeness (QED) is 0.742. The van der Waals surface area contributed by atoms with E-state index >= 15 is 0 Å². The minimum Gasteiger partial charge on any atom is -0.268 e. The normalized spacial score (nSPS) is 11.8. The van der Waals surface area contributed by atoms with E-state index in [0.29, 0.717) is 0 Å². The van der Waals surface area contributed by atoms with Crippen molar-refractivity contribution in [2.45, 2.75) is 46.5 Å². The molecular formula is C11H18N2O. The molecule has 1 heterocycles. The standard InChI is InChI=1S/C11H18N2O/c1-6-8-7(2)9(11(3,4)5)12-13-10(8)14/h6H2,1-5H3,(H,13,14). The number of nitrogens with zero attached hydrogens (tertiary/aromatic N) is 1. The fourth-order valence-electron chi connectivity index (χ4n) is 1.73. The Morgan fingerprint density at radius 3 is 2.36 bits per heavy atom. The zero-order valence-corrected chi connectivity index (χ0v) is 9.56. The highest BCUT2D eigenvalue weighted by Crippen LogP contribution is 2.23. The van der Waals surface area contributed by atoms with Crippen LogP contribution in [-0.4, -0.2) is 10.2 Å². The van der Waals surface area contributed by atoms with E-state index in [1.807, 2.05) is 13.8 Å². The predicted molar refractivity (Wildman–Crippen MR) is 57.7 cm³/mol. The van der Waals surface area contributed by atoms with Gasteiger partial charge in [0.05, 0.1) is 5.69 Å². The molecule has 0 unspecified atom stereocenters. The van der Waals surface area contributed by atoms with Gasteiger partial charge in [0, 0.05) is 11.0 Å². The predicted octanol–water partition coefficient (Wildman–Crippen LogP) is 1.94. The minimum atomic E-state index is -0.0574. The van der Waals surface area contributed by atoms with Crippen LogP contribution in [0.3, 0.4) is 0 Å². The van der Waals surface area contributed by atoms with Crippen LogP contribution in [0, 0.1) is 6.92 Å². The van der Waals surface area contributed by atoms with Gasteiger partial charge in [0.25, 0.3) is 5.56 Å². The van der Waals surface area contributed by atoms with Gasteiger partial charge in [0.1, 0.15) is 0 Å². The summed E-state index contributed by atoms with van der Waals surface area (Å²) in [6, 6.07) is 0. The van der Waals surface area contributed by atoms with Crippen LogP contribution < -0.4 is 5.56 Å². The van der Waals surface area contributed by atoms with Crippen molar-refractivity contribution in [2.75, 3.05) is 0 Å². The summed E-state index contributed by atoms with van der Waals surface area (Å²) >= 11 is 0. The molecule has 0 aromatic carbocycles. The van der Waals surface area contributed by atoms with Gasteiger partial charge in [-0.05, 0) is 18.9 Å². The lowest BCUT2D eigenvalue weighted by molar-refractivity contribution is 0.549. The summed E-state index contributed by atoms with van der Waals surface area (Å²) in [5, 5.41) is 6.68. The Bertz CT molecular complexity index is 385. The van der Waals surface area contributed by atoms with Crippen molar-refractivity contribution >= 4 is 0 Å². The fraction of sp³-hybridized carbons (Fsp3) is 0.636. The summed E-state index contributed by atoms with van der Waals surface area (Å²) in [6.07, 6.45) is 0.757. The highest BCUT2D eigenvalue weighted by Gasteiger charge is 2.20. The molecule has 0 fully saturated rings. The molecule has 0 radical (unpaired) electrons. The third-order valence-corrected chi connectivity index (χ3v) is 2.42. The lowest BCUT2D eigenvalue weighted by Crippen LogP contribution is -2.24. The lowest BCUT2D eigenvalue weighted by atomic mass is 9.87. The van der Waals surface area contributed by atoms with E-state index in [2.05, 4.69) is 31.0 Å². The number of hydrogen-bond donors (Lipinski definition) is 1. The number of aromatic nitrogens is 2. The number of aromatic amines is 1. The van der Waals surface area contributed by atoms with Gasteiger partial charge in [-0.15, -0.1) is 0 Å². The molecule has 0 aliphatic heterocycles. The molecule has 0 bridgehead atoms. The second-order valence-corrected chi connectivity index (χ2v) is 4.61. The first kappa shape index (κ1) is 11.0. The van der Waals surface area contributed by atoms with Crippen molar-refractivity contribution in [3.8, 4) is 0 Å². The smallest absolute Gasteiger partial charge is 0.267 e. The van der Waals surface area contributed by atoms with Crippen LogP contribution >= 0.6 is 0 Å². The van der Waals surface area contributed by atoms with Gasteiger partial charge in [-0.3, -0.25) is 4.79 Å². The van der Waals surface area contributed by atoms with E-state index in [0.717, 1.165) is 23.2 Å². The maximum absolute atomic E-state index is 11.4.